The van der Waals surface area contributed by atoms with Crippen molar-refractivity contribution in [2.45, 2.75) is 18.9 Å². The molecule has 1 aromatic heterocycles. The predicted molar refractivity (Wildman–Crippen MR) is 95.6 cm³/mol. The molecule has 136 valence electrons. The minimum atomic E-state index is -0.0723. The molecule has 0 saturated carbocycles. The molecule has 1 aromatic carbocycles. The van der Waals surface area contributed by atoms with Crippen LogP contribution in [0.25, 0.3) is 6.08 Å². The van der Waals surface area contributed by atoms with Gasteiger partial charge in [0.15, 0.2) is 17.3 Å². The number of allylic oxidation sites excluding steroid dienone is 1. The zero-order valence-electron chi connectivity index (χ0n) is 14.9. The van der Waals surface area contributed by atoms with E-state index in [1.807, 2.05) is 19.2 Å². The van der Waals surface area contributed by atoms with E-state index in [0.717, 1.165) is 24.1 Å². The Morgan fingerprint density at radius 3 is 3.08 bits per heavy atom. The monoisotopic (exact) mass is 355 g/mol. The number of nitrogens with zero attached hydrogens (tertiary/aromatic N) is 1. The van der Waals surface area contributed by atoms with Gasteiger partial charge in [0.05, 0.1) is 13.4 Å². The van der Waals surface area contributed by atoms with Crippen molar-refractivity contribution in [3.8, 4) is 17.2 Å². The maximum absolute atomic E-state index is 12.5. The number of rotatable bonds is 5. The van der Waals surface area contributed by atoms with Gasteiger partial charge in [0.25, 0.3) is 0 Å². The molecule has 0 radical (unpaired) electrons. The average Bonchev–Trinajstić information content (AvgIpc) is 3.32. The first-order valence-corrected chi connectivity index (χ1v) is 8.61. The van der Waals surface area contributed by atoms with E-state index in [1.165, 1.54) is 0 Å². The van der Waals surface area contributed by atoms with Crippen molar-refractivity contribution in [3.63, 3.8) is 0 Å². The number of carbonyl (C=O) groups is 1. The Hall–Kier alpha value is -2.73. The van der Waals surface area contributed by atoms with Gasteiger partial charge in [-0.25, -0.2) is 0 Å². The molecule has 6 nitrogen and oxygen atoms in total. The summed E-state index contributed by atoms with van der Waals surface area (Å²) in [7, 11) is 3.66. The average molecular weight is 355 g/mol. The highest BCUT2D eigenvalue weighted by Crippen LogP contribution is 2.50. The fraction of sp³-hybridized carbons (Fsp3) is 0.350. The van der Waals surface area contributed by atoms with Gasteiger partial charge in [-0.05, 0) is 49.4 Å². The number of benzene rings is 1. The highest BCUT2D eigenvalue weighted by Gasteiger charge is 2.34. The van der Waals surface area contributed by atoms with Crippen LogP contribution in [0.1, 0.15) is 29.3 Å². The topological polar surface area (TPSA) is 61.1 Å². The highest BCUT2D eigenvalue weighted by atomic mass is 16.7. The fourth-order valence-electron chi connectivity index (χ4n) is 3.60. The zero-order valence-corrected chi connectivity index (χ0v) is 14.9. The molecule has 2 aliphatic heterocycles. The second kappa shape index (κ2) is 6.88. The summed E-state index contributed by atoms with van der Waals surface area (Å²) in [6.07, 6.45) is 6.09. The summed E-state index contributed by atoms with van der Waals surface area (Å²) in [6.45, 7) is 1.07. The van der Waals surface area contributed by atoms with E-state index in [1.54, 1.807) is 31.6 Å². The molecule has 0 bridgehead atoms. The molecule has 0 spiro atoms. The molecule has 0 amide bonds. The smallest absolute Gasteiger partial charge is 0.231 e. The highest BCUT2D eigenvalue weighted by molar-refractivity contribution is 5.93. The number of hydrogen-bond donors (Lipinski definition) is 0. The van der Waals surface area contributed by atoms with Gasteiger partial charge in [-0.1, -0.05) is 0 Å². The third kappa shape index (κ3) is 2.97. The largest absolute Gasteiger partial charge is 0.492 e. The van der Waals surface area contributed by atoms with E-state index >= 15 is 0 Å². The Morgan fingerprint density at radius 1 is 1.42 bits per heavy atom. The van der Waals surface area contributed by atoms with E-state index < -0.39 is 0 Å². The molecule has 3 heterocycles. The van der Waals surface area contributed by atoms with Crippen molar-refractivity contribution in [1.82, 2.24) is 4.90 Å². The van der Waals surface area contributed by atoms with Gasteiger partial charge >= 0.3 is 0 Å². The number of methoxy groups -OCH3 is 1. The summed E-state index contributed by atoms with van der Waals surface area (Å²) in [5.74, 6) is 2.72. The molecule has 6 heteroatoms. The normalized spacial score (nSPS) is 18.9. The summed E-state index contributed by atoms with van der Waals surface area (Å²) in [5, 5.41) is 0. The molecule has 0 saturated heterocycles. The molecule has 0 fully saturated rings. The fourth-order valence-corrected chi connectivity index (χ4v) is 3.60. The van der Waals surface area contributed by atoms with Crippen LogP contribution < -0.4 is 14.2 Å². The molecule has 0 N–H and O–H groups in total. The van der Waals surface area contributed by atoms with Crippen LogP contribution in [0.15, 0.2) is 35.0 Å². The molecular weight excluding hydrogens is 334 g/mol. The molecule has 1 atom stereocenters. The van der Waals surface area contributed by atoms with Gasteiger partial charge in [0, 0.05) is 24.6 Å². The minimum absolute atomic E-state index is 0.0332. The van der Waals surface area contributed by atoms with Crippen molar-refractivity contribution in [2.75, 3.05) is 27.5 Å². The number of likely N-dealkylation sites (N-methyl/N-ethyl adjacent to an activating group) is 1. The van der Waals surface area contributed by atoms with Crippen molar-refractivity contribution < 1.29 is 23.4 Å². The van der Waals surface area contributed by atoms with Gasteiger partial charge in [0.1, 0.15) is 5.76 Å². The maximum Gasteiger partial charge on any atom is 0.231 e. The van der Waals surface area contributed by atoms with E-state index in [0.29, 0.717) is 29.4 Å². The number of carbonyl (C=O) groups excluding carboxylic acids is 1. The van der Waals surface area contributed by atoms with E-state index in [2.05, 4.69) is 4.90 Å². The van der Waals surface area contributed by atoms with Crippen LogP contribution in [0.2, 0.25) is 0 Å². The zero-order chi connectivity index (χ0) is 18.1. The predicted octanol–water partition coefficient (Wildman–Crippen LogP) is 3.22. The van der Waals surface area contributed by atoms with Crippen LogP contribution in [0.3, 0.4) is 0 Å². The molecule has 0 unspecified atom stereocenters. The van der Waals surface area contributed by atoms with Gasteiger partial charge < -0.3 is 18.6 Å². The lowest BCUT2D eigenvalue weighted by molar-refractivity contribution is -0.115. The summed E-state index contributed by atoms with van der Waals surface area (Å²) in [4.78, 5) is 14.7. The number of fused-ring (bicyclic) bond motifs is 2. The summed E-state index contributed by atoms with van der Waals surface area (Å²) in [5.41, 5.74) is 2.17. The SMILES string of the molecule is COc1c2c(cc3c1[C@H](CC(=O)/C=C/c1ccco1)N(C)CC3)OCO2. The molecule has 0 aliphatic carbocycles. The Kier molecular flexibility index (Phi) is 4.42. The maximum atomic E-state index is 12.5. The Morgan fingerprint density at radius 2 is 2.31 bits per heavy atom. The Balaban J connectivity index is 1.64. The molecular formula is C20H21NO5. The van der Waals surface area contributed by atoms with Crippen molar-refractivity contribution >= 4 is 11.9 Å². The second-order valence-electron chi connectivity index (χ2n) is 6.48. The first kappa shape index (κ1) is 16.7. The molecule has 26 heavy (non-hydrogen) atoms. The number of ketones is 1. The second-order valence-corrected chi connectivity index (χ2v) is 6.48. The van der Waals surface area contributed by atoms with Gasteiger partial charge in [0.2, 0.25) is 12.5 Å². The van der Waals surface area contributed by atoms with Crippen molar-refractivity contribution in [3.05, 3.63) is 47.4 Å². The van der Waals surface area contributed by atoms with E-state index in [-0.39, 0.29) is 18.6 Å². The van der Waals surface area contributed by atoms with Gasteiger partial charge in [-0.15, -0.1) is 0 Å². The quantitative estimate of drug-likeness (QED) is 0.768. The van der Waals surface area contributed by atoms with Crippen LogP contribution in [0.5, 0.6) is 17.2 Å². The van der Waals surface area contributed by atoms with E-state index in [9.17, 15) is 4.79 Å². The lowest BCUT2D eigenvalue weighted by Gasteiger charge is -2.35. The molecule has 2 aliphatic rings. The first-order valence-electron chi connectivity index (χ1n) is 8.61. The lowest BCUT2D eigenvalue weighted by Crippen LogP contribution is -2.33. The standard InChI is InChI=1S/C20H21NO5/c1-21-8-7-13-10-17-19(26-12-25-17)20(23-2)18(13)16(21)11-14(22)5-6-15-4-3-9-24-15/h3-6,9-10,16H,7-8,11-12H2,1-2H3/b6-5+/t16-/m0/s1. The number of ether oxygens (including phenoxy) is 3. The third-order valence-corrected chi connectivity index (χ3v) is 4.92. The lowest BCUT2D eigenvalue weighted by atomic mass is 9.88. The summed E-state index contributed by atoms with van der Waals surface area (Å²) >= 11 is 0. The van der Waals surface area contributed by atoms with Crippen LogP contribution >= 0.6 is 0 Å². The van der Waals surface area contributed by atoms with Gasteiger partial charge in [-0.2, -0.15) is 0 Å². The minimum Gasteiger partial charge on any atom is -0.492 e. The third-order valence-electron chi connectivity index (χ3n) is 4.92. The first-order chi connectivity index (χ1) is 12.7. The molecule has 2 aromatic rings. The Bertz CT molecular complexity index is 840. The number of furan rings is 1. The number of hydrogen-bond acceptors (Lipinski definition) is 6. The van der Waals surface area contributed by atoms with Crippen LogP contribution in [-0.4, -0.2) is 38.2 Å². The van der Waals surface area contributed by atoms with Gasteiger partial charge in [-0.3, -0.25) is 9.69 Å². The van der Waals surface area contributed by atoms with Crippen molar-refractivity contribution in [2.24, 2.45) is 0 Å². The van der Waals surface area contributed by atoms with Crippen LogP contribution in [0.4, 0.5) is 0 Å². The van der Waals surface area contributed by atoms with E-state index in [4.69, 9.17) is 18.6 Å². The van der Waals surface area contributed by atoms with Crippen LogP contribution in [0, 0.1) is 0 Å². The Labute approximate surface area is 151 Å². The van der Waals surface area contributed by atoms with Crippen molar-refractivity contribution in [1.29, 1.82) is 0 Å². The summed E-state index contributed by atoms with van der Waals surface area (Å²) < 4.78 is 22.0. The summed E-state index contributed by atoms with van der Waals surface area (Å²) in [6, 6.07) is 5.55. The van der Waals surface area contributed by atoms with Crippen LogP contribution in [-0.2, 0) is 11.2 Å². The molecule has 4 rings (SSSR count).